The van der Waals surface area contributed by atoms with Gasteiger partial charge in [0.2, 0.25) is 0 Å². The summed E-state index contributed by atoms with van der Waals surface area (Å²) in [5, 5.41) is 11.0. The van der Waals surface area contributed by atoms with Crippen molar-refractivity contribution in [2.24, 2.45) is 17.3 Å². The van der Waals surface area contributed by atoms with Crippen LogP contribution < -0.4 is 0 Å². The van der Waals surface area contributed by atoms with Gasteiger partial charge in [0.05, 0.1) is 5.60 Å². The highest BCUT2D eigenvalue weighted by atomic mass is 16.3. The fourth-order valence-corrected chi connectivity index (χ4v) is 3.78. The molecule has 0 heterocycles. The predicted octanol–water partition coefficient (Wildman–Crippen LogP) is 3.10. The molecule has 2 rings (SSSR count). The van der Waals surface area contributed by atoms with Gasteiger partial charge in [-0.3, -0.25) is 4.79 Å². The SMILES string of the molecule is C=C(C)C1CC[C@]2(C)CCC(=O)[C@H](C)[C@]2(O)C1. The lowest BCUT2D eigenvalue weighted by atomic mass is 9.51. The summed E-state index contributed by atoms with van der Waals surface area (Å²) in [5.74, 6) is 0.386. The zero-order chi connectivity index (χ0) is 12.8. The zero-order valence-electron chi connectivity index (χ0n) is 11.3. The molecule has 96 valence electrons. The van der Waals surface area contributed by atoms with E-state index in [1.165, 1.54) is 0 Å². The highest BCUT2D eigenvalue weighted by molar-refractivity contribution is 5.83. The largest absolute Gasteiger partial charge is 0.389 e. The summed E-state index contributed by atoms with van der Waals surface area (Å²) in [5.41, 5.74) is 0.252. The van der Waals surface area contributed by atoms with E-state index in [1.807, 2.05) is 13.8 Å². The fourth-order valence-electron chi connectivity index (χ4n) is 3.78. The van der Waals surface area contributed by atoms with Gasteiger partial charge in [0.15, 0.2) is 0 Å². The first-order chi connectivity index (χ1) is 7.80. The minimum atomic E-state index is -0.815. The Balaban J connectivity index is 2.32. The van der Waals surface area contributed by atoms with E-state index in [1.54, 1.807) is 0 Å². The van der Waals surface area contributed by atoms with Crippen LogP contribution in [0.15, 0.2) is 12.2 Å². The molecule has 0 saturated heterocycles. The summed E-state index contributed by atoms with van der Waals surface area (Å²) in [6.07, 6.45) is 4.31. The van der Waals surface area contributed by atoms with Crippen molar-refractivity contribution in [1.82, 2.24) is 0 Å². The smallest absolute Gasteiger partial charge is 0.138 e. The van der Waals surface area contributed by atoms with E-state index in [-0.39, 0.29) is 17.1 Å². The molecule has 4 atom stereocenters. The van der Waals surface area contributed by atoms with Crippen molar-refractivity contribution in [1.29, 1.82) is 0 Å². The Labute approximate surface area is 104 Å². The van der Waals surface area contributed by atoms with Crippen LogP contribution in [-0.2, 0) is 4.79 Å². The normalized spacial score (nSPS) is 46.5. The minimum Gasteiger partial charge on any atom is -0.389 e. The lowest BCUT2D eigenvalue weighted by Gasteiger charge is -2.56. The number of allylic oxidation sites excluding steroid dienone is 1. The van der Waals surface area contributed by atoms with Gasteiger partial charge in [0.1, 0.15) is 5.78 Å². The molecule has 2 nitrogen and oxygen atoms in total. The van der Waals surface area contributed by atoms with Crippen LogP contribution in [0.1, 0.15) is 52.9 Å². The van der Waals surface area contributed by atoms with Gasteiger partial charge in [-0.1, -0.05) is 26.0 Å². The third-order valence-electron chi connectivity index (χ3n) is 5.47. The second-order valence-corrected chi connectivity index (χ2v) is 6.46. The van der Waals surface area contributed by atoms with Crippen LogP contribution in [0.2, 0.25) is 0 Å². The maximum atomic E-state index is 11.9. The molecule has 0 bridgehead atoms. The lowest BCUT2D eigenvalue weighted by Crippen LogP contribution is -2.60. The third kappa shape index (κ3) is 1.77. The Hall–Kier alpha value is -0.630. The predicted molar refractivity (Wildman–Crippen MR) is 68.6 cm³/mol. The van der Waals surface area contributed by atoms with Crippen molar-refractivity contribution in [3.63, 3.8) is 0 Å². The van der Waals surface area contributed by atoms with E-state index in [0.717, 1.165) is 24.8 Å². The first kappa shape index (κ1) is 12.8. The van der Waals surface area contributed by atoms with Crippen LogP contribution >= 0.6 is 0 Å². The standard InChI is InChI=1S/C15H24O2/c1-10(2)12-5-7-14(4)8-6-13(16)11(3)15(14,17)9-12/h11-12,17H,1,5-9H2,2-4H3/t11-,12?,14+,15+/m0/s1. The van der Waals surface area contributed by atoms with Gasteiger partial charge in [-0.15, -0.1) is 0 Å². The summed E-state index contributed by atoms with van der Waals surface area (Å²) >= 11 is 0. The van der Waals surface area contributed by atoms with Gasteiger partial charge in [-0.2, -0.15) is 0 Å². The topological polar surface area (TPSA) is 37.3 Å². The van der Waals surface area contributed by atoms with E-state index in [2.05, 4.69) is 13.5 Å². The van der Waals surface area contributed by atoms with Crippen LogP contribution in [0.25, 0.3) is 0 Å². The van der Waals surface area contributed by atoms with Gasteiger partial charge >= 0.3 is 0 Å². The van der Waals surface area contributed by atoms with Gasteiger partial charge < -0.3 is 5.11 Å². The molecule has 0 aromatic heterocycles. The molecule has 2 saturated carbocycles. The summed E-state index contributed by atoms with van der Waals surface area (Å²) in [6, 6.07) is 0. The molecule has 0 amide bonds. The molecule has 2 fully saturated rings. The van der Waals surface area contributed by atoms with Crippen molar-refractivity contribution in [3.8, 4) is 0 Å². The average Bonchev–Trinajstić information content (AvgIpc) is 2.27. The Morgan fingerprint density at radius 3 is 2.71 bits per heavy atom. The number of carbonyl (C=O) groups is 1. The minimum absolute atomic E-state index is 0.0771. The second-order valence-electron chi connectivity index (χ2n) is 6.46. The number of Topliss-reactive ketones (excluding diaryl/α,β-unsaturated/α-hetero) is 1. The summed E-state index contributed by atoms with van der Waals surface area (Å²) < 4.78 is 0. The van der Waals surface area contributed by atoms with E-state index >= 15 is 0 Å². The Morgan fingerprint density at radius 2 is 2.12 bits per heavy atom. The molecule has 2 aliphatic carbocycles. The molecule has 0 aromatic carbocycles. The van der Waals surface area contributed by atoms with Crippen LogP contribution in [0.4, 0.5) is 0 Å². The van der Waals surface area contributed by atoms with Crippen molar-refractivity contribution in [3.05, 3.63) is 12.2 Å². The Kier molecular flexibility index (Phi) is 2.97. The number of rotatable bonds is 1. The molecular weight excluding hydrogens is 212 g/mol. The summed E-state index contributed by atoms with van der Waals surface area (Å²) in [4.78, 5) is 11.9. The number of carbonyl (C=O) groups excluding carboxylic acids is 1. The Morgan fingerprint density at radius 1 is 1.47 bits per heavy atom. The molecule has 2 heteroatoms. The van der Waals surface area contributed by atoms with Crippen LogP contribution in [-0.4, -0.2) is 16.5 Å². The summed E-state index contributed by atoms with van der Waals surface area (Å²) in [7, 11) is 0. The Bertz CT molecular complexity index is 360. The molecule has 1 unspecified atom stereocenters. The van der Waals surface area contributed by atoms with E-state index in [9.17, 15) is 9.90 Å². The van der Waals surface area contributed by atoms with E-state index < -0.39 is 5.60 Å². The second kappa shape index (κ2) is 3.94. The third-order valence-corrected chi connectivity index (χ3v) is 5.47. The molecule has 0 spiro atoms. The van der Waals surface area contributed by atoms with Crippen molar-refractivity contribution in [2.75, 3.05) is 0 Å². The number of hydrogen-bond donors (Lipinski definition) is 1. The molecular formula is C15H24O2. The molecule has 0 radical (unpaired) electrons. The number of ketones is 1. The maximum Gasteiger partial charge on any atom is 0.138 e. The van der Waals surface area contributed by atoms with Crippen molar-refractivity contribution >= 4 is 5.78 Å². The molecule has 2 aliphatic rings. The fraction of sp³-hybridized carbons (Fsp3) is 0.800. The van der Waals surface area contributed by atoms with E-state index in [4.69, 9.17) is 0 Å². The monoisotopic (exact) mass is 236 g/mol. The molecule has 1 N–H and O–H groups in total. The summed E-state index contributed by atoms with van der Waals surface area (Å²) in [6.45, 7) is 10.1. The highest BCUT2D eigenvalue weighted by Crippen LogP contribution is 2.56. The van der Waals surface area contributed by atoms with Gasteiger partial charge in [-0.05, 0) is 43.9 Å². The zero-order valence-corrected chi connectivity index (χ0v) is 11.3. The van der Waals surface area contributed by atoms with Crippen molar-refractivity contribution in [2.45, 2.75) is 58.5 Å². The average molecular weight is 236 g/mol. The lowest BCUT2D eigenvalue weighted by molar-refractivity contribution is -0.180. The van der Waals surface area contributed by atoms with Gasteiger partial charge in [0.25, 0.3) is 0 Å². The van der Waals surface area contributed by atoms with Crippen LogP contribution in [0.5, 0.6) is 0 Å². The quantitative estimate of drug-likeness (QED) is 0.710. The van der Waals surface area contributed by atoms with Crippen LogP contribution in [0, 0.1) is 17.3 Å². The molecule has 0 aliphatic heterocycles. The number of aliphatic hydroxyl groups is 1. The van der Waals surface area contributed by atoms with Gasteiger partial charge in [-0.25, -0.2) is 0 Å². The van der Waals surface area contributed by atoms with Gasteiger partial charge in [0, 0.05) is 12.3 Å². The maximum absolute atomic E-state index is 11.9. The first-order valence-electron chi connectivity index (χ1n) is 6.71. The first-order valence-corrected chi connectivity index (χ1v) is 6.71. The highest BCUT2D eigenvalue weighted by Gasteiger charge is 2.57. The number of hydrogen-bond acceptors (Lipinski definition) is 2. The van der Waals surface area contributed by atoms with Crippen LogP contribution in [0.3, 0.4) is 0 Å². The molecule has 0 aromatic rings. The number of fused-ring (bicyclic) bond motifs is 1. The molecule has 17 heavy (non-hydrogen) atoms. The van der Waals surface area contributed by atoms with E-state index in [0.29, 0.717) is 18.8 Å². The van der Waals surface area contributed by atoms with Crippen molar-refractivity contribution < 1.29 is 9.90 Å².